The van der Waals surface area contributed by atoms with Crippen LogP contribution in [0.3, 0.4) is 0 Å². The molecule has 82 valence electrons. The van der Waals surface area contributed by atoms with Crippen molar-refractivity contribution in [3.63, 3.8) is 0 Å². The molecule has 0 radical (unpaired) electrons. The van der Waals surface area contributed by atoms with Crippen LogP contribution in [0.15, 0.2) is 54.9 Å². The fourth-order valence-corrected chi connectivity index (χ4v) is 2.01. The van der Waals surface area contributed by atoms with E-state index in [1.54, 1.807) is 0 Å². The summed E-state index contributed by atoms with van der Waals surface area (Å²) in [6.45, 7) is 4.35. The fraction of sp³-hybridized carbons (Fsp3) is 0.267. The Morgan fingerprint density at radius 2 is 1.62 bits per heavy atom. The van der Waals surface area contributed by atoms with Crippen molar-refractivity contribution < 1.29 is 4.57 Å². The summed E-state index contributed by atoms with van der Waals surface area (Å²) in [4.78, 5) is 0. The predicted octanol–water partition coefficient (Wildman–Crippen LogP) is 3.28. The van der Waals surface area contributed by atoms with Gasteiger partial charge < -0.3 is 0 Å². The van der Waals surface area contributed by atoms with Gasteiger partial charge in [0.05, 0.1) is 0 Å². The van der Waals surface area contributed by atoms with Crippen LogP contribution in [0.2, 0.25) is 0 Å². The minimum Gasteiger partial charge on any atom is -0.198 e. The molecule has 1 heteroatoms. The summed E-state index contributed by atoms with van der Waals surface area (Å²) in [7, 11) is 0. The molecule has 1 heterocycles. The maximum absolute atomic E-state index is 2.28. The van der Waals surface area contributed by atoms with Crippen LogP contribution in [-0.4, -0.2) is 0 Å². The Morgan fingerprint density at radius 1 is 1.00 bits per heavy atom. The topological polar surface area (TPSA) is 3.88 Å². The lowest BCUT2D eigenvalue weighted by Gasteiger charge is -2.10. The first-order chi connectivity index (χ1) is 7.81. The summed E-state index contributed by atoms with van der Waals surface area (Å²) in [5.74, 6) is 0. The Morgan fingerprint density at radius 3 is 2.19 bits per heavy atom. The Hall–Kier alpha value is -1.63. The van der Waals surface area contributed by atoms with E-state index in [1.807, 2.05) is 0 Å². The van der Waals surface area contributed by atoms with E-state index in [1.165, 1.54) is 11.1 Å². The van der Waals surface area contributed by atoms with Crippen LogP contribution in [-0.2, 0) is 0 Å². The van der Waals surface area contributed by atoms with Crippen LogP contribution >= 0.6 is 0 Å². The van der Waals surface area contributed by atoms with Crippen LogP contribution in [0.5, 0.6) is 0 Å². The molecule has 0 aliphatic rings. The molecule has 1 nitrogen and oxygen atoms in total. The van der Waals surface area contributed by atoms with Crippen molar-refractivity contribution in [3.05, 3.63) is 66.0 Å². The molecule has 1 aromatic heterocycles. The zero-order valence-corrected chi connectivity index (χ0v) is 9.93. The number of rotatable bonds is 3. The van der Waals surface area contributed by atoms with Gasteiger partial charge in [-0.15, -0.1) is 0 Å². The third-order valence-corrected chi connectivity index (χ3v) is 2.95. The molecule has 0 fully saturated rings. The van der Waals surface area contributed by atoms with Crippen molar-refractivity contribution in [1.29, 1.82) is 0 Å². The van der Waals surface area contributed by atoms with Gasteiger partial charge in [-0.2, -0.15) is 4.57 Å². The quantitative estimate of drug-likeness (QED) is 0.687. The van der Waals surface area contributed by atoms with Gasteiger partial charge in [0.1, 0.15) is 0 Å². The van der Waals surface area contributed by atoms with E-state index < -0.39 is 0 Å². The average Bonchev–Trinajstić information content (AvgIpc) is 2.34. The molecule has 0 spiro atoms. The molecule has 0 saturated heterocycles. The smallest absolute Gasteiger partial charge is 0.183 e. The zero-order chi connectivity index (χ0) is 11.4. The molecule has 0 N–H and O–H groups in total. The zero-order valence-electron chi connectivity index (χ0n) is 9.93. The van der Waals surface area contributed by atoms with Crippen LogP contribution in [0, 0.1) is 6.92 Å². The second-order valence-electron chi connectivity index (χ2n) is 4.16. The van der Waals surface area contributed by atoms with Crippen molar-refractivity contribution >= 4 is 0 Å². The minimum absolute atomic E-state index is 0.446. The Kier molecular flexibility index (Phi) is 3.35. The fourth-order valence-electron chi connectivity index (χ4n) is 2.01. The Labute approximate surface area is 97.4 Å². The van der Waals surface area contributed by atoms with E-state index in [0.29, 0.717) is 6.04 Å². The SMILES string of the molecule is CCC(c1ccccc1)[n+]1ccc(C)cc1. The number of pyridine rings is 1. The Balaban J connectivity index is 2.33. The summed E-state index contributed by atoms with van der Waals surface area (Å²) in [6.07, 6.45) is 5.44. The molecule has 0 saturated carbocycles. The number of benzene rings is 1. The lowest BCUT2D eigenvalue weighted by Crippen LogP contribution is -2.38. The largest absolute Gasteiger partial charge is 0.198 e. The molecule has 2 rings (SSSR count). The van der Waals surface area contributed by atoms with Gasteiger partial charge in [-0.1, -0.05) is 37.3 Å². The van der Waals surface area contributed by atoms with E-state index >= 15 is 0 Å². The molecule has 0 bridgehead atoms. The van der Waals surface area contributed by atoms with Crippen LogP contribution in [0.1, 0.15) is 30.5 Å². The number of hydrogen-bond acceptors (Lipinski definition) is 0. The highest BCUT2D eigenvalue weighted by Gasteiger charge is 2.17. The molecule has 0 aliphatic carbocycles. The number of aromatic nitrogens is 1. The molecule has 1 unspecified atom stereocenters. The van der Waals surface area contributed by atoms with Gasteiger partial charge >= 0.3 is 0 Å². The highest BCUT2D eigenvalue weighted by atomic mass is 15.0. The van der Waals surface area contributed by atoms with Gasteiger partial charge in [0.15, 0.2) is 18.4 Å². The van der Waals surface area contributed by atoms with Crippen molar-refractivity contribution in [2.24, 2.45) is 0 Å². The average molecular weight is 212 g/mol. The minimum atomic E-state index is 0.446. The second-order valence-corrected chi connectivity index (χ2v) is 4.16. The normalized spacial score (nSPS) is 12.4. The van der Waals surface area contributed by atoms with Gasteiger partial charge in [0.2, 0.25) is 0 Å². The second kappa shape index (κ2) is 4.93. The van der Waals surface area contributed by atoms with E-state index in [-0.39, 0.29) is 0 Å². The van der Waals surface area contributed by atoms with Gasteiger partial charge in [0.25, 0.3) is 0 Å². The molecule has 2 aromatic rings. The first-order valence-electron chi connectivity index (χ1n) is 5.83. The van der Waals surface area contributed by atoms with Crippen LogP contribution in [0.4, 0.5) is 0 Å². The first-order valence-corrected chi connectivity index (χ1v) is 5.83. The predicted molar refractivity (Wildman–Crippen MR) is 66.2 cm³/mol. The lowest BCUT2D eigenvalue weighted by atomic mass is 10.0. The molecule has 16 heavy (non-hydrogen) atoms. The molecule has 1 aromatic carbocycles. The van der Waals surface area contributed by atoms with Crippen molar-refractivity contribution in [2.45, 2.75) is 26.3 Å². The maximum atomic E-state index is 2.28. The molecule has 0 amide bonds. The monoisotopic (exact) mass is 212 g/mol. The highest BCUT2D eigenvalue weighted by Crippen LogP contribution is 2.15. The molecule has 1 atom stereocenters. The van der Waals surface area contributed by atoms with Crippen LogP contribution < -0.4 is 4.57 Å². The van der Waals surface area contributed by atoms with Gasteiger partial charge in [-0.3, -0.25) is 0 Å². The van der Waals surface area contributed by atoms with Gasteiger partial charge in [-0.25, -0.2) is 0 Å². The number of nitrogens with zero attached hydrogens (tertiary/aromatic N) is 1. The van der Waals surface area contributed by atoms with E-state index in [0.717, 1.165) is 6.42 Å². The van der Waals surface area contributed by atoms with E-state index in [2.05, 4.69) is 73.3 Å². The van der Waals surface area contributed by atoms with Gasteiger partial charge in [-0.05, 0) is 12.5 Å². The van der Waals surface area contributed by atoms with Crippen molar-refractivity contribution in [3.8, 4) is 0 Å². The third-order valence-electron chi connectivity index (χ3n) is 2.95. The Bertz CT molecular complexity index is 431. The molecular formula is C15H18N+. The first kappa shape index (κ1) is 10.9. The van der Waals surface area contributed by atoms with Crippen molar-refractivity contribution in [2.75, 3.05) is 0 Å². The summed E-state index contributed by atoms with van der Waals surface area (Å²) in [5, 5.41) is 0. The third kappa shape index (κ3) is 2.30. The molecular weight excluding hydrogens is 194 g/mol. The van der Waals surface area contributed by atoms with Crippen LogP contribution in [0.25, 0.3) is 0 Å². The summed E-state index contributed by atoms with van der Waals surface area (Å²) < 4.78 is 2.28. The van der Waals surface area contributed by atoms with Crippen molar-refractivity contribution in [1.82, 2.24) is 0 Å². The molecule has 0 aliphatic heterocycles. The summed E-state index contributed by atoms with van der Waals surface area (Å²) in [5.41, 5.74) is 2.68. The standard InChI is InChI=1S/C15H18N/c1-3-15(14-7-5-4-6-8-14)16-11-9-13(2)10-12-16/h4-12,15H,3H2,1-2H3/q+1. The highest BCUT2D eigenvalue weighted by molar-refractivity contribution is 5.17. The number of aryl methyl sites for hydroxylation is 1. The van der Waals surface area contributed by atoms with E-state index in [9.17, 15) is 0 Å². The lowest BCUT2D eigenvalue weighted by molar-refractivity contribution is -0.714. The number of hydrogen-bond donors (Lipinski definition) is 0. The van der Waals surface area contributed by atoms with E-state index in [4.69, 9.17) is 0 Å². The summed E-state index contributed by atoms with van der Waals surface area (Å²) in [6, 6.07) is 15.4. The maximum Gasteiger partial charge on any atom is 0.183 e. The van der Waals surface area contributed by atoms with Gasteiger partial charge in [0, 0.05) is 24.1 Å². The summed E-state index contributed by atoms with van der Waals surface area (Å²) >= 11 is 0.